The summed E-state index contributed by atoms with van der Waals surface area (Å²) in [6, 6.07) is 7.14. The number of rotatable bonds is 5. The summed E-state index contributed by atoms with van der Waals surface area (Å²) in [5, 5.41) is 2.74. The maximum absolute atomic E-state index is 12.0. The van der Waals surface area contributed by atoms with Gasteiger partial charge in [0, 0.05) is 18.8 Å². The summed E-state index contributed by atoms with van der Waals surface area (Å²) in [6.07, 6.45) is 3.15. The monoisotopic (exact) mass is 290 g/mol. The van der Waals surface area contributed by atoms with Gasteiger partial charge in [-0.1, -0.05) is 0 Å². The van der Waals surface area contributed by atoms with E-state index in [1.54, 1.807) is 29.2 Å². The molecule has 2 rings (SSSR count). The third kappa shape index (κ3) is 4.77. The molecule has 21 heavy (non-hydrogen) atoms. The van der Waals surface area contributed by atoms with Gasteiger partial charge in [0.25, 0.3) is 0 Å². The molecule has 0 unspecified atom stereocenters. The normalized spacial score (nSPS) is 14.6. The third-order valence-electron chi connectivity index (χ3n) is 3.47. The summed E-state index contributed by atoms with van der Waals surface area (Å²) in [6.45, 7) is 4.07. The molecule has 0 spiro atoms. The quantitative estimate of drug-likeness (QED) is 0.847. The van der Waals surface area contributed by atoms with Crippen molar-refractivity contribution in [2.45, 2.75) is 32.6 Å². The van der Waals surface area contributed by atoms with E-state index in [0.717, 1.165) is 31.7 Å². The molecule has 114 valence electrons. The Hall–Kier alpha value is -2.04. The Balaban J connectivity index is 1.81. The van der Waals surface area contributed by atoms with Crippen molar-refractivity contribution in [3.05, 3.63) is 24.3 Å². The molecule has 0 radical (unpaired) electrons. The minimum absolute atomic E-state index is 0.0851. The molecule has 1 fully saturated rings. The van der Waals surface area contributed by atoms with Crippen molar-refractivity contribution >= 4 is 17.5 Å². The molecule has 1 aromatic carbocycles. The lowest BCUT2D eigenvalue weighted by Gasteiger charge is -2.26. The zero-order valence-corrected chi connectivity index (χ0v) is 12.4. The van der Waals surface area contributed by atoms with Gasteiger partial charge in [-0.05, 0) is 50.5 Å². The Labute approximate surface area is 125 Å². The van der Waals surface area contributed by atoms with Gasteiger partial charge in [0.15, 0.2) is 0 Å². The fourth-order valence-electron chi connectivity index (χ4n) is 2.40. The lowest BCUT2D eigenvalue weighted by atomic mass is 10.1. The highest BCUT2D eigenvalue weighted by atomic mass is 16.5. The van der Waals surface area contributed by atoms with E-state index in [0.29, 0.717) is 12.3 Å². The molecule has 1 N–H and O–H groups in total. The van der Waals surface area contributed by atoms with Crippen molar-refractivity contribution in [3.8, 4) is 5.75 Å². The van der Waals surface area contributed by atoms with Gasteiger partial charge in [-0.25, -0.2) is 0 Å². The molecule has 0 aliphatic carbocycles. The van der Waals surface area contributed by atoms with Crippen LogP contribution >= 0.6 is 0 Å². The Bertz CT molecular complexity index is 479. The second-order valence-electron chi connectivity index (χ2n) is 5.12. The molecule has 0 saturated carbocycles. The molecule has 1 aliphatic heterocycles. The van der Waals surface area contributed by atoms with E-state index in [4.69, 9.17) is 4.74 Å². The topological polar surface area (TPSA) is 58.6 Å². The van der Waals surface area contributed by atoms with E-state index in [-0.39, 0.29) is 18.2 Å². The van der Waals surface area contributed by atoms with E-state index in [1.807, 2.05) is 6.92 Å². The molecule has 0 atom stereocenters. The van der Waals surface area contributed by atoms with Crippen LogP contribution in [0.4, 0.5) is 5.69 Å². The number of anilines is 1. The predicted octanol–water partition coefficient (Wildman–Crippen LogP) is 2.43. The second-order valence-corrected chi connectivity index (χ2v) is 5.12. The molecule has 1 saturated heterocycles. The lowest BCUT2D eigenvalue weighted by molar-refractivity contribution is -0.135. The summed E-state index contributed by atoms with van der Waals surface area (Å²) in [5.41, 5.74) is 0.676. The molecule has 0 bridgehead atoms. The first kappa shape index (κ1) is 15.4. The van der Waals surface area contributed by atoms with Crippen LogP contribution in [0.1, 0.15) is 32.6 Å². The first-order valence-electron chi connectivity index (χ1n) is 7.49. The number of hydrogen-bond donors (Lipinski definition) is 1. The smallest absolute Gasteiger partial charge is 0.233 e. The maximum atomic E-state index is 12.0. The highest BCUT2D eigenvalue weighted by Gasteiger charge is 2.19. The highest BCUT2D eigenvalue weighted by molar-refractivity contribution is 6.03. The number of nitrogens with zero attached hydrogens (tertiary/aromatic N) is 1. The first-order valence-corrected chi connectivity index (χ1v) is 7.49. The molecule has 1 aliphatic rings. The molecule has 0 aromatic heterocycles. The van der Waals surface area contributed by atoms with Crippen LogP contribution in [-0.2, 0) is 9.59 Å². The number of amides is 2. The van der Waals surface area contributed by atoms with Gasteiger partial charge in [-0.3, -0.25) is 9.59 Å². The van der Waals surface area contributed by atoms with E-state index in [1.165, 1.54) is 6.42 Å². The van der Waals surface area contributed by atoms with Crippen LogP contribution in [0.3, 0.4) is 0 Å². The zero-order valence-electron chi connectivity index (χ0n) is 12.4. The molecule has 5 nitrogen and oxygen atoms in total. The maximum Gasteiger partial charge on any atom is 0.233 e. The first-order chi connectivity index (χ1) is 10.2. The van der Waals surface area contributed by atoms with E-state index < -0.39 is 0 Å². The van der Waals surface area contributed by atoms with Crippen LogP contribution in [0, 0.1) is 0 Å². The molecule has 1 aromatic rings. The number of carbonyl (C=O) groups is 2. The minimum Gasteiger partial charge on any atom is -0.494 e. The van der Waals surface area contributed by atoms with E-state index in [9.17, 15) is 9.59 Å². The van der Waals surface area contributed by atoms with Crippen molar-refractivity contribution in [3.63, 3.8) is 0 Å². The Morgan fingerprint density at radius 2 is 1.81 bits per heavy atom. The predicted molar refractivity (Wildman–Crippen MR) is 81.3 cm³/mol. The van der Waals surface area contributed by atoms with Crippen LogP contribution in [0.15, 0.2) is 24.3 Å². The fourth-order valence-corrected chi connectivity index (χ4v) is 2.40. The van der Waals surface area contributed by atoms with Gasteiger partial charge in [0.2, 0.25) is 11.8 Å². The van der Waals surface area contributed by atoms with Crippen molar-refractivity contribution in [2.75, 3.05) is 25.0 Å². The largest absolute Gasteiger partial charge is 0.494 e. The summed E-state index contributed by atoms with van der Waals surface area (Å²) in [4.78, 5) is 25.6. The van der Waals surface area contributed by atoms with Crippen LogP contribution < -0.4 is 10.1 Å². The summed E-state index contributed by atoms with van der Waals surface area (Å²) in [7, 11) is 0. The molecular formula is C16H22N2O3. The highest BCUT2D eigenvalue weighted by Crippen LogP contribution is 2.16. The zero-order chi connectivity index (χ0) is 15.1. The summed E-state index contributed by atoms with van der Waals surface area (Å²) < 4.78 is 5.34. The average Bonchev–Trinajstić information content (AvgIpc) is 2.50. The molecule has 1 heterocycles. The van der Waals surface area contributed by atoms with Gasteiger partial charge in [0.05, 0.1) is 6.61 Å². The Morgan fingerprint density at radius 1 is 1.14 bits per heavy atom. The number of ether oxygens (including phenoxy) is 1. The van der Waals surface area contributed by atoms with Gasteiger partial charge >= 0.3 is 0 Å². The minimum atomic E-state index is -0.269. The number of piperidine rings is 1. The lowest BCUT2D eigenvalue weighted by Crippen LogP contribution is -2.37. The number of benzene rings is 1. The Morgan fingerprint density at radius 3 is 2.43 bits per heavy atom. The summed E-state index contributed by atoms with van der Waals surface area (Å²) >= 11 is 0. The van der Waals surface area contributed by atoms with Crippen molar-refractivity contribution in [1.82, 2.24) is 4.90 Å². The van der Waals surface area contributed by atoms with Gasteiger partial charge in [-0.2, -0.15) is 0 Å². The van der Waals surface area contributed by atoms with E-state index in [2.05, 4.69) is 5.32 Å². The van der Waals surface area contributed by atoms with Crippen LogP contribution in [0.5, 0.6) is 5.75 Å². The summed E-state index contributed by atoms with van der Waals surface area (Å²) in [5.74, 6) is 0.410. The third-order valence-corrected chi connectivity index (χ3v) is 3.47. The SMILES string of the molecule is CCOc1ccc(NC(=O)CC(=O)N2CCCCC2)cc1. The van der Waals surface area contributed by atoms with Gasteiger partial charge < -0.3 is 15.0 Å². The van der Waals surface area contributed by atoms with Crippen LogP contribution in [0.2, 0.25) is 0 Å². The number of hydrogen-bond acceptors (Lipinski definition) is 3. The number of nitrogens with one attached hydrogen (secondary N) is 1. The van der Waals surface area contributed by atoms with E-state index >= 15 is 0 Å². The van der Waals surface area contributed by atoms with Crippen molar-refractivity contribution in [1.29, 1.82) is 0 Å². The number of likely N-dealkylation sites (tertiary alicyclic amines) is 1. The number of carbonyl (C=O) groups excluding carboxylic acids is 2. The van der Waals surface area contributed by atoms with Crippen molar-refractivity contribution in [2.24, 2.45) is 0 Å². The molecular weight excluding hydrogens is 268 g/mol. The fraction of sp³-hybridized carbons (Fsp3) is 0.500. The van der Waals surface area contributed by atoms with Crippen molar-refractivity contribution < 1.29 is 14.3 Å². The van der Waals surface area contributed by atoms with Crippen LogP contribution in [-0.4, -0.2) is 36.4 Å². The standard InChI is InChI=1S/C16H22N2O3/c1-2-21-14-8-6-13(7-9-14)17-15(19)12-16(20)18-10-4-3-5-11-18/h6-9H,2-5,10-12H2,1H3,(H,17,19). The molecule has 5 heteroatoms. The Kier molecular flexibility index (Phi) is 5.60. The molecule has 2 amide bonds. The van der Waals surface area contributed by atoms with Gasteiger partial charge in [0.1, 0.15) is 12.2 Å². The van der Waals surface area contributed by atoms with Crippen LogP contribution in [0.25, 0.3) is 0 Å². The second kappa shape index (κ2) is 7.67. The van der Waals surface area contributed by atoms with Gasteiger partial charge in [-0.15, -0.1) is 0 Å². The average molecular weight is 290 g/mol.